The zero-order chi connectivity index (χ0) is 22.5. The standard InChI is InChI=1S/C24H18Cl2N2O3S/c1-30-20-11-6-15(12-16(20)14-31-18-9-7-17(25)8-10-18)13-27-28-24(29)23-22(26)19-4-2-3-5-21(19)32-23/h2-13H,14H2,1H3,(H,28,29)/b27-13+. The van der Waals surface area contributed by atoms with E-state index in [1.807, 2.05) is 42.5 Å². The van der Waals surface area contributed by atoms with Gasteiger partial charge in [-0.3, -0.25) is 4.79 Å². The number of rotatable bonds is 7. The van der Waals surface area contributed by atoms with Crippen LogP contribution in [0.1, 0.15) is 20.8 Å². The topological polar surface area (TPSA) is 59.9 Å². The lowest BCUT2D eigenvalue weighted by atomic mass is 10.1. The van der Waals surface area contributed by atoms with E-state index in [0.717, 1.165) is 21.2 Å². The molecule has 0 atom stereocenters. The number of amides is 1. The maximum atomic E-state index is 12.5. The number of hydrogen-bond donors (Lipinski definition) is 1. The first-order valence-corrected chi connectivity index (χ1v) is 11.2. The van der Waals surface area contributed by atoms with E-state index in [9.17, 15) is 4.79 Å². The summed E-state index contributed by atoms with van der Waals surface area (Å²) in [6, 6.07) is 20.3. The highest BCUT2D eigenvalue weighted by atomic mass is 35.5. The Labute approximate surface area is 199 Å². The molecule has 1 N–H and O–H groups in total. The quantitative estimate of drug-likeness (QED) is 0.238. The molecular formula is C24H18Cl2N2O3S. The van der Waals surface area contributed by atoms with Gasteiger partial charge in [0.25, 0.3) is 5.91 Å². The molecule has 162 valence electrons. The smallest absolute Gasteiger partial charge is 0.283 e. The molecule has 1 aromatic heterocycles. The fourth-order valence-corrected chi connectivity index (χ4v) is 4.59. The van der Waals surface area contributed by atoms with Crippen molar-refractivity contribution in [2.24, 2.45) is 5.10 Å². The highest BCUT2D eigenvalue weighted by molar-refractivity contribution is 7.21. The predicted octanol–water partition coefficient (Wildman–Crippen LogP) is 6.56. The summed E-state index contributed by atoms with van der Waals surface area (Å²) >= 11 is 13.6. The average molecular weight is 485 g/mol. The van der Waals surface area contributed by atoms with Gasteiger partial charge in [-0.2, -0.15) is 5.10 Å². The second-order valence-electron chi connectivity index (χ2n) is 6.75. The van der Waals surface area contributed by atoms with E-state index in [1.165, 1.54) is 11.3 Å². The molecule has 5 nitrogen and oxygen atoms in total. The Morgan fingerprint density at radius 3 is 2.62 bits per heavy atom. The summed E-state index contributed by atoms with van der Waals surface area (Å²) in [7, 11) is 1.60. The van der Waals surface area contributed by atoms with Crippen molar-refractivity contribution in [1.29, 1.82) is 0 Å². The molecule has 0 spiro atoms. The van der Waals surface area contributed by atoms with Gasteiger partial charge in [0.05, 0.1) is 18.3 Å². The van der Waals surface area contributed by atoms with Crippen LogP contribution < -0.4 is 14.9 Å². The Balaban J connectivity index is 1.45. The van der Waals surface area contributed by atoms with Gasteiger partial charge >= 0.3 is 0 Å². The van der Waals surface area contributed by atoms with Gasteiger partial charge in [-0.1, -0.05) is 41.4 Å². The van der Waals surface area contributed by atoms with E-state index in [1.54, 1.807) is 37.6 Å². The van der Waals surface area contributed by atoms with Crippen LogP contribution in [0.3, 0.4) is 0 Å². The van der Waals surface area contributed by atoms with Crippen LogP contribution in [0, 0.1) is 0 Å². The second-order valence-corrected chi connectivity index (χ2v) is 8.62. The third-order valence-electron chi connectivity index (χ3n) is 4.63. The van der Waals surface area contributed by atoms with Crippen molar-refractivity contribution < 1.29 is 14.3 Å². The van der Waals surface area contributed by atoms with Crippen LogP contribution >= 0.6 is 34.5 Å². The molecule has 0 aliphatic carbocycles. The number of halogens is 2. The van der Waals surface area contributed by atoms with Crippen LogP contribution in [-0.4, -0.2) is 19.2 Å². The summed E-state index contributed by atoms with van der Waals surface area (Å²) in [5.74, 6) is 1.03. The number of hydrazone groups is 1. The first-order chi connectivity index (χ1) is 15.5. The Hall–Kier alpha value is -3.06. The van der Waals surface area contributed by atoms with Crippen molar-refractivity contribution in [2.75, 3.05) is 7.11 Å². The molecule has 4 aromatic rings. The van der Waals surface area contributed by atoms with Crippen LogP contribution in [0.2, 0.25) is 10.0 Å². The van der Waals surface area contributed by atoms with Crippen molar-refractivity contribution in [1.82, 2.24) is 5.43 Å². The van der Waals surface area contributed by atoms with Crippen molar-refractivity contribution in [2.45, 2.75) is 6.61 Å². The minimum absolute atomic E-state index is 0.302. The number of fused-ring (bicyclic) bond motifs is 1. The molecule has 8 heteroatoms. The number of nitrogens with zero attached hydrogens (tertiary/aromatic N) is 1. The number of thiophene rings is 1. The highest BCUT2D eigenvalue weighted by Crippen LogP contribution is 2.35. The summed E-state index contributed by atoms with van der Waals surface area (Å²) in [5, 5.41) is 6.02. The molecular weight excluding hydrogens is 467 g/mol. The third-order valence-corrected chi connectivity index (χ3v) is 6.56. The van der Waals surface area contributed by atoms with Crippen LogP contribution in [0.4, 0.5) is 0 Å². The fourth-order valence-electron chi connectivity index (χ4n) is 3.06. The molecule has 32 heavy (non-hydrogen) atoms. The second kappa shape index (κ2) is 10.0. The van der Waals surface area contributed by atoms with Gasteiger partial charge in [0, 0.05) is 20.7 Å². The number of nitrogens with one attached hydrogen (secondary N) is 1. The maximum absolute atomic E-state index is 12.5. The number of hydrogen-bond acceptors (Lipinski definition) is 5. The van der Waals surface area contributed by atoms with Gasteiger partial charge in [-0.05, 0) is 54.1 Å². The van der Waals surface area contributed by atoms with E-state index in [2.05, 4.69) is 10.5 Å². The van der Waals surface area contributed by atoms with E-state index >= 15 is 0 Å². The Morgan fingerprint density at radius 1 is 1.09 bits per heavy atom. The summed E-state index contributed by atoms with van der Waals surface area (Å²) < 4.78 is 12.2. The minimum Gasteiger partial charge on any atom is -0.496 e. The number of benzene rings is 3. The van der Waals surface area contributed by atoms with Crippen molar-refractivity contribution >= 4 is 56.7 Å². The molecule has 1 amide bonds. The number of methoxy groups -OCH3 is 1. The molecule has 0 aliphatic rings. The molecule has 3 aromatic carbocycles. The zero-order valence-electron chi connectivity index (χ0n) is 17.0. The Kier molecular flexibility index (Phi) is 6.95. The zero-order valence-corrected chi connectivity index (χ0v) is 19.3. The van der Waals surface area contributed by atoms with Gasteiger partial charge in [0.1, 0.15) is 23.0 Å². The third kappa shape index (κ3) is 5.05. The highest BCUT2D eigenvalue weighted by Gasteiger charge is 2.16. The molecule has 1 heterocycles. The molecule has 0 fully saturated rings. The summed E-state index contributed by atoms with van der Waals surface area (Å²) in [4.78, 5) is 13.0. The normalized spacial score (nSPS) is 11.1. The van der Waals surface area contributed by atoms with Crippen LogP contribution in [0.25, 0.3) is 10.1 Å². The van der Waals surface area contributed by atoms with E-state index in [4.69, 9.17) is 32.7 Å². The lowest BCUT2D eigenvalue weighted by molar-refractivity contribution is 0.0959. The number of ether oxygens (including phenoxy) is 2. The SMILES string of the molecule is COc1ccc(/C=N/NC(=O)c2sc3ccccc3c2Cl)cc1COc1ccc(Cl)cc1. The van der Waals surface area contributed by atoms with Gasteiger partial charge in [0.15, 0.2) is 0 Å². The largest absolute Gasteiger partial charge is 0.496 e. The number of carbonyl (C=O) groups is 1. The molecule has 0 bridgehead atoms. The fraction of sp³-hybridized carbons (Fsp3) is 0.0833. The molecule has 4 rings (SSSR count). The van der Waals surface area contributed by atoms with Crippen LogP contribution in [-0.2, 0) is 6.61 Å². The Bertz CT molecular complexity index is 1290. The molecule has 0 aliphatic heterocycles. The van der Waals surface area contributed by atoms with Gasteiger partial charge < -0.3 is 9.47 Å². The average Bonchev–Trinajstić information content (AvgIpc) is 3.15. The lowest BCUT2D eigenvalue weighted by Gasteiger charge is -2.11. The molecule has 0 radical (unpaired) electrons. The summed E-state index contributed by atoms with van der Waals surface area (Å²) in [6.45, 7) is 0.302. The first-order valence-electron chi connectivity index (χ1n) is 9.61. The van der Waals surface area contributed by atoms with Crippen LogP contribution in [0.5, 0.6) is 11.5 Å². The minimum atomic E-state index is -0.354. The molecule has 0 unspecified atom stereocenters. The molecule has 0 saturated heterocycles. The van der Waals surface area contributed by atoms with Crippen molar-refractivity contribution in [3.8, 4) is 11.5 Å². The molecule has 0 saturated carbocycles. The van der Waals surface area contributed by atoms with Crippen molar-refractivity contribution in [3.05, 3.63) is 92.8 Å². The van der Waals surface area contributed by atoms with E-state index in [-0.39, 0.29) is 5.91 Å². The summed E-state index contributed by atoms with van der Waals surface area (Å²) in [6.07, 6.45) is 1.56. The number of carbonyl (C=O) groups excluding carboxylic acids is 1. The van der Waals surface area contributed by atoms with Gasteiger partial charge in [-0.25, -0.2) is 5.43 Å². The van der Waals surface area contributed by atoms with Gasteiger partial charge in [0.2, 0.25) is 0 Å². The van der Waals surface area contributed by atoms with E-state index in [0.29, 0.717) is 33.0 Å². The first kappa shape index (κ1) is 22.1. The van der Waals surface area contributed by atoms with E-state index < -0.39 is 0 Å². The maximum Gasteiger partial charge on any atom is 0.283 e. The lowest BCUT2D eigenvalue weighted by Crippen LogP contribution is -2.16. The summed E-state index contributed by atoms with van der Waals surface area (Å²) in [5.41, 5.74) is 4.16. The van der Waals surface area contributed by atoms with Crippen LogP contribution in [0.15, 0.2) is 71.8 Å². The predicted molar refractivity (Wildman–Crippen MR) is 131 cm³/mol. The van der Waals surface area contributed by atoms with Gasteiger partial charge in [-0.15, -0.1) is 11.3 Å². The van der Waals surface area contributed by atoms with Crippen molar-refractivity contribution in [3.63, 3.8) is 0 Å². The Morgan fingerprint density at radius 2 is 1.88 bits per heavy atom. The monoisotopic (exact) mass is 484 g/mol.